The predicted molar refractivity (Wildman–Crippen MR) is 111 cm³/mol. The summed E-state index contributed by atoms with van der Waals surface area (Å²) in [6, 6.07) is 16.6. The molecule has 0 saturated heterocycles. The smallest absolute Gasteiger partial charge is 0.291 e. The van der Waals surface area contributed by atoms with Gasteiger partial charge < -0.3 is 0 Å². The fourth-order valence-electron chi connectivity index (χ4n) is 2.80. The van der Waals surface area contributed by atoms with Crippen molar-refractivity contribution >= 4 is 34.0 Å². The molecule has 2 aromatic carbocycles. The van der Waals surface area contributed by atoms with Crippen molar-refractivity contribution in [2.45, 2.75) is 13.0 Å². The molecule has 4 rings (SSSR count). The first-order valence-corrected chi connectivity index (χ1v) is 9.99. The Kier molecular flexibility index (Phi) is 5.82. The van der Waals surface area contributed by atoms with E-state index in [4.69, 9.17) is 11.6 Å². The van der Waals surface area contributed by atoms with Gasteiger partial charge in [-0.3, -0.25) is 14.8 Å². The van der Waals surface area contributed by atoms with Crippen molar-refractivity contribution in [3.8, 4) is 11.3 Å². The summed E-state index contributed by atoms with van der Waals surface area (Å²) in [5.41, 5.74) is 2.43. The third kappa shape index (κ3) is 4.52. The molecular formula is C20H14ClF2N5OS. The number of alkyl halides is 2. The lowest BCUT2D eigenvalue weighted by Crippen LogP contribution is -2.12. The number of nitrogens with one attached hydrogen (secondary N) is 1. The van der Waals surface area contributed by atoms with Crippen molar-refractivity contribution in [3.63, 3.8) is 0 Å². The summed E-state index contributed by atoms with van der Waals surface area (Å²) in [4.78, 5) is 12.9. The lowest BCUT2D eigenvalue weighted by molar-refractivity contribution is 0.102. The van der Waals surface area contributed by atoms with Crippen molar-refractivity contribution in [2.75, 3.05) is 5.32 Å². The van der Waals surface area contributed by atoms with Gasteiger partial charge in [0.1, 0.15) is 5.69 Å². The molecule has 1 amide bonds. The molecule has 30 heavy (non-hydrogen) atoms. The minimum Gasteiger partial charge on any atom is -0.296 e. The molecule has 0 aliphatic carbocycles. The van der Waals surface area contributed by atoms with Crippen molar-refractivity contribution in [2.24, 2.45) is 0 Å². The van der Waals surface area contributed by atoms with Crippen LogP contribution in [0.25, 0.3) is 11.3 Å². The van der Waals surface area contributed by atoms with Gasteiger partial charge in [0.25, 0.3) is 12.3 Å². The summed E-state index contributed by atoms with van der Waals surface area (Å²) in [7, 11) is 0. The number of nitrogens with zero attached hydrogens (tertiary/aromatic N) is 4. The van der Waals surface area contributed by atoms with Crippen LogP contribution in [0, 0.1) is 0 Å². The summed E-state index contributed by atoms with van der Waals surface area (Å²) in [6.07, 6.45) is -1.13. The van der Waals surface area contributed by atoms with E-state index in [0.717, 1.165) is 5.56 Å². The highest BCUT2D eigenvalue weighted by Gasteiger charge is 2.21. The Balaban J connectivity index is 1.66. The lowest BCUT2D eigenvalue weighted by Gasteiger charge is -2.02. The van der Waals surface area contributed by atoms with Crippen molar-refractivity contribution < 1.29 is 13.6 Å². The average Bonchev–Trinajstić information content (AvgIpc) is 3.37. The van der Waals surface area contributed by atoms with Gasteiger partial charge in [0, 0.05) is 16.8 Å². The van der Waals surface area contributed by atoms with Crippen molar-refractivity contribution in [1.29, 1.82) is 0 Å². The van der Waals surface area contributed by atoms with Gasteiger partial charge in [-0.2, -0.15) is 5.10 Å². The summed E-state index contributed by atoms with van der Waals surface area (Å²) in [5, 5.41) is 14.2. The number of carbonyl (C=O) groups is 1. The first-order valence-electron chi connectivity index (χ1n) is 8.80. The van der Waals surface area contributed by atoms with Gasteiger partial charge in [0.15, 0.2) is 5.01 Å². The summed E-state index contributed by atoms with van der Waals surface area (Å²) >= 11 is 6.60. The molecule has 0 fully saturated rings. The Labute approximate surface area is 179 Å². The van der Waals surface area contributed by atoms with Crippen molar-refractivity contribution in [3.05, 3.63) is 82.0 Å². The normalized spacial score (nSPS) is 11.1. The molecule has 0 bridgehead atoms. The number of carbonyl (C=O) groups excluding carboxylic acids is 1. The molecule has 0 unspecified atom stereocenters. The van der Waals surface area contributed by atoms with Gasteiger partial charge in [-0.1, -0.05) is 65.4 Å². The number of hydrogen-bond donors (Lipinski definition) is 1. The van der Waals surface area contributed by atoms with E-state index in [-0.39, 0.29) is 10.7 Å². The number of aromatic nitrogens is 4. The zero-order valence-corrected chi connectivity index (χ0v) is 16.9. The second-order valence-corrected chi connectivity index (χ2v) is 7.73. The van der Waals surface area contributed by atoms with Gasteiger partial charge in [-0.05, 0) is 17.7 Å². The minimum absolute atomic E-state index is 0.00633. The molecule has 0 atom stereocenters. The monoisotopic (exact) mass is 445 g/mol. The second-order valence-electron chi connectivity index (χ2n) is 6.28. The Morgan fingerprint density at radius 3 is 2.50 bits per heavy atom. The Hall–Kier alpha value is -3.17. The number of hydrogen-bond acceptors (Lipinski definition) is 5. The molecule has 1 N–H and O–H groups in total. The summed E-state index contributed by atoms with van der Waals surface area (Å²) in [5.74, 6) is -0.517. The van der Waals surface area contributed by atoms with E-state index in [1.807, 2.05) is 30.3 Å². The number of amides is 1. The lowest BCUT2D eigenvalue weighted by atomic mass is 10.1. The standard InChI is InChI=1S/C20H14ClF2N5OS/c21-14-8-6-13(7-9-14)16-15(11-28(27-16)10-12-4-2-1-3-5-12)18(29)24-20-26-25-19(30-20)17(22)23/h1-9,11,17H,10H2,(H,24,26,29). The van der Waals surface area contributed by atoms with E-state index in [0.29, 0.717) is 34.2 Å². The zero-order chi connectivity index (χ0) is 21.1. The summed E-state index contributed by atoms with van der Waals surface area (Å²) < 4.78 is 27.1. The number of anilines is 1. The molecule has 0 saturated carbocycles. The van der Waals surface area contributed by atoms with E-state index in [1.165, 1.54) is 0 Å². The maximum Gasteiger partial charge on any atom is 0.291 e. The van der Waals surface area contributed by atoms with Crippen LogP contribution >= 0.6 is 22.9 Å². The van der Waals surface area contributed by atoms with E-state index in [9.17, 15) is 13.6 Å². The summed E-state index contributed by atoms with van der Waals surface area (Å²) in [6.45, 7) is 0.461. The van der Waals surface area contributed by atoms with E-state index in [1.54, 1.807) is 35.1 Å². The molecule has 10 heteroatoms. The highest BCUT2D eigenvalue weighted by Crippen LogP contribution is 2.28. The van der Waals surface area contributed by atoms with Crippen LogP contribution in [0.2, 0.25) is 5.02 Å². The highest BCUT2D eigenvalue weighted by molar-refractivity contribution is 7.15. The Morgan fingerprint density at radius 2 is 1.83 bits per heavy atom. The molecule has 2 aromatic heterocycles. The topological polar surface area (TPSA) is 72.7 Å². The molecule has 4 aromatic rings. The molecular weight excluding hydrogens is 432 g/mol. The molecule has 0 spiro atoms. The third-order valence-electron chi connectivity index (χ3n) is 4.16. The number of benzene rings is 2. The Bertz CT molecular complexity index is 1160. The van der Waals surface area contributed by atoms with Crippen LogP contribution < -0.4 is 5.32 Å². The van der Waals surface area contributed by atoms with E-state index >= 15 is 0 Å². The first kappa shape index (κ1) is 20.1. The van der Waals surface area contributed by atoms with Crippen LogP contribution in [0.5, 0.6) is 0 Å². The van der Waals surface area contributed by atoms with Crippen LogP contribution in [0.1, 0.15) is 27.4 Å². The van der Waals surface area contributed by atoms with Gasteiger partial charge in [0.2, 0.25) is 5.13 Å². The van der Waals surface area contributed by atoms with Crippen LogP contribution in [0.3, 0.4) is 0 Å². The van der Waals surface area contributed by atoms with E-state index < -0.39 is 17.3 Å². The molecule has 0 aliphatic rings. The third-order valence-corrected chi connectivity index (χ3v) is 5.26. The van der Waals surface area contributed by atoms with Crippen LogP contribution in [0.4, 0.5) is 13.9 Å². The molecule has 152 valence electrons. The quantitative estimate of drug-likeness (QED) is 0.437. The minimum atomic E-state index is -2.74. The van der Waals surface area contributed by atoms with Crippen molar-refractivity contribution in [1.82, 2.24) is 20.0 Å². The average molecular weight is 446 g/mol. The van der Waals surface area contributed by atoms with Crippen LogP contribution in [-0.2, 0) is 6.54 Å². The van der Waals surface area contributed by atoms with Gasteiger partial charge >= 0.3 is 0 Å². The fourth-order valence-corrected chi connectivity index (χ4v) is 3.52. The molecule has 6 nitrogen and oxygen atoms in total. The molecule has 0 radical (unpaired) electrons. The zero-order valence-electron chi connectivity index (χ0n) is 15.3. The van der Waals surface area contributed by atoms with Gasteiger partial charge in [-0.15, -0.1) is 10.2 Å². The Morgan fingerprint density at radius 1 is 1.10 bits per heavy atom. The predicted octanol–water partition coefficient (Wildman–Crippen LogP) is 5.29. The van der Waals surface area contributed by atoms with E-state index in [2.05, 4.69) is 20.6 Å². The fraction of sp³-hybridized carbons (Fsp3) is 0.100. The maximum absolute atomic E-state index is 12.9. The largest absolute Gasteiger partial charge is 0.296 e. The maximum atomic E-state index is 12.9. The molecule has 0 aliphatic heterocycles. The SMILES string of the molecule is O=C(Nc1nnc(C(F)F)s1)c1cn(Cc2ccccc2)nc1-c1ccc(Cl)cc1. The second kappa shape index (κ2) is 8.68. The number of rotatable bonds is 6. The molecule has 2 heterocycles. The first-order chi connectivity index (χ1) is 14.5. The van der Waals surface area contributed by atoms with Gasteiger partial charge in [-0.25, -0.2) is 8.78 Å². The number of halogens is 3. The van der Waals surface area contributed by atoms with Crippen LogP contribution in [-0.4, -0.2) is 25.9 Å². The van der Waals surface area contributed by atoms with Gasteiger partial charge in [0.05, 0.1) is 12.1 Å². The van der Waals surface area contributed by atoms with Crippen LogP contribution in [0.15, 0.2) is 60.8 Å². The highest BCUT2D eigenvalue weighted by atomic mass is 35.5.